The van der Waals surface area contributed by atoms with E-state index in [0.717, 1.165) is 41.0 Å². The van der Waals surface area contributed by atoms with Crippen molar-refractivity contribution >= 4 is 78.4 Å². The Morgan fingerprint density at radius 3 is 1.21 bits per heavy atom. The number of anilines is 2. The third-order valence-electron chi connectivity index (χ3n) is 11.4. The zero-order valence-corrected chi connectivity index (χ0v) is 38.7. The Morgan fingerprint density at radius 1 is 0.603 bits per heavy atom. The molecule has 6 rings (SSSR count). The third-order valence-corrected chi connectivity index (χ3v) is 12.5. The summed E-state index contributed by atoms with van der Waals surface area (Å²) in [6, 6.07) is 28.9. The van der Waals surface area contributed by atoms with Crippen LogP contribution in [0.15, 0.2) is 117 Å². The Morgan fingerprint density at radius 2 is 0.921 bits per heavy atom. The van der Waals surface area contributed by atoms with E-state index in [1.54, 1.807) is 48.5 Å². The van der Waals surface area contributed by atoms with Crippen LogP contribution in [0.5, 0.6) is 0 Å². The number of nitro groups is 2. The van der Waals surface area contributed by atoms with Crippen LogP contribution in [0.1, 0.15) is 74.6 Å². The topological polar surface area (TPSA) is 211 Å². The maximum absolute atomic E-state index is 13.3. The highest BCUT2D eigenvalue weighted by atomic mass is 79.9. The van der Waals surface area contributed by atoms with E-state index < -0.39 is 35.8 Å². The Balaban J connectivity index is 0.000000272. The van der Waals surface area contributed by atoms with Gasteiger partial charge in [0.1, 0.15) is 0 Å². The molecule has 4 atom stereocenters. The van der Waals surface area contributed by atoms with Crippen LogP contribution in [0.3, 0.4) is 0 Å². The van der Waals surface area contributed by atoms with Crippen molar-refractivity contribution in [3.8, 4) is 0 Å². The lowest BCUT2D eigenvalue weighted by atomic mass is 9.77. The van der Waals surface area contributed by atoms with Crippen LogP contribution < -0.4 is 9.80 Å². The number of para-hydroxylation sites is 2. The molecule has 332 valence electrons. The predicted molar refractivity (Wildman–Crippen MR) is 247 cm³/mol. The Bertz CT molecular complexity index is 2270. The number of methoxy groups -OCH3 is 2. The lowest BCUT2D eigenvalue weighted by molar-refractivity contribution is -0.484. The Hall–Kier alpha value is -6.04. The standard InChI is InChI=1S/2C23H23BrN2O5.H2O/c2*1-4-17(19(13-25(29)30)15-9-11-16(24)12-10-15)14(2)21-18-7-5-6-8-20(18)26(22(21)27)23(28)31-3;/h2*5-12,17,19H,4,13H2,1-3H3;1H2/b2*21-14-;/t2*17-,19-;/m00./s1. The third kappa shape index (κ3) is 10.6. The fraction of sp³-hybridized carbons (Fsp3) is 0.304. The molecule has 2 aliphatic rings. The molecule has 15 nitrogen and oxygen atoms in total. The highest BCUT2D eigenvalue weighted by Gasteiger charge is 2.42. The lowest BCUT2D eigenvalue weighted by Crippen LogP contribution is -2.33. The van der Waals surface area contributed by atoms with Gasteiger partial charge in [0.05, 0.1) is 37.4 Å². The van der Waals surface area contributed by atoms with Gasteiger partial charge in [-0.1, -0.05) is 118 Å². The molecule has 17 heteroatoms. The van der Waals surface area contributed by atoms with Crippen molar-refractivity contribution in [2.75, 3.05) is 37.1 Å². The van der Waals surface area contributed by atoms with Gasteiger partial charge < -0.3 is 14.9 Å². The first kappa shape index (κ1) is 49.6. The van der Waals surface area contributed by atoms with E-state index in [9.17, 15) is 39.4 Å². The number of rotatable bonds is 12. The predicted octanol–water partition coefficient (Wildman–Crippen LogP) is 10.0. The van der Waals surface area contributed by atoms with Gasteiger partial charge in [0.2, 0.25) is 13.1 Å². The summed E-state index contributed by atoms with van der Waals surface area (Å²) in [5.74, 6) is -2.33. The number of nitrogens with zero attached hydrogens (tertiary/aromatic N) is 4. The number of allylic oxidation sites excluding steroid dienone is 2. The van der Waals surface area contributed by atoms with Gasteiger partial charge in [-0.25, -0.2) is 19.4 Å². The van der Waals surface area contributed by atoms with Gasteiger partial charge in [0, 0.05) is 41.1 Å². The molecule has 4 amide bonds. The molecule has 0 saturated heterocycles. The van der Waals surface area contributed by atoms with Crippen molar-refractivity contribution < 1.29 is 44.0 Å². The molecule has 0 bridgehead atoms. The van der Waals surface area contributed by atoms with Gasteiger partial charge in [0.15, 0.2) is 0 Å². The number of hydrogen-bond donors (Lipinski definition) is 0. The Kier molecular flexibility index (Phi) is 17.2. The number of carbonyl (C=O) groups excluding carboxylic acids is 4. The molecule has 0 unspecified atom stereocenters. The van der Waals surface area contributed by atoms with Crippen LogP contribution >= 0.6 is 31.9 Å². The average Bonchev–Trinajstić information content (AvgIpc) is 3.72. The molecule has 63 heavy (non-hydrogen) atoms. The highest BCUT2D eigenvalue weighted by Crippen LogP contribution is 2.45. The number of imide groups is 2. The van der Waals surface area contributed by atoms with E-state index in [1.165, 1.54) is 14.2 Å². The summed E-state index contributed by atoms with van der Waals surface area (Å²) < 4.78 is 11.4. The first-order valence-corrected chi connectivity index (χ1v) is 21.4. The van der Waals surface area contributed by atoms with E-state index in [2.05, 4.69) is 31.9 Å². The molecule has 4 aromatic carbocycles. The van der Waals surface area contributed by atoms with Gasteiger partial charge in [0.25, 0.3) is 11.8 Å². The maximum Gasteiger partial charge on any atom is 0.421 e. The number of halogens is 2. The van der Waals surface area contributed by atoms with Gasteiger partial charge in [-0.2, -0.15) is 0 Å². The lowest BCUT2D eigenvalue weighted by Gasteiger charge is -2.26. The summed E-state index contributed by atoms with van der Waals surface area (Å²) in [7, 11) is 2.45. The van der Waals surface area contributed by atoms with E-state index >= 15 is 0 Å². The highest BCUT2D eigenvalue weighted by molar-refractivity contribution is 9.10. The van der Waals surface area contributed by atoms with Crippen molar-refractivity contribution in [1.82, 2.24) is 0 Å². The van der Waals surface area contributed by atoms with Crippen molar-refractivity contribution in [3.05, 3.63) is 160 Å². The molecule has 2 heterocycles. The summed E-state index contributed by atoms with van der Waals surface area (Å²) in [5, 5.41) is 23.0. The molecule has 0 radical (unpaired) electrons. The Labute approximate surface area is 381 Å². The zero-order chi connectivity index (χ0) is 45.4. The summed E-state index contributed by atoms with van der Waals surface area (Å²) in [6.45, 7) is 7.02. The minimum absolute atomic E-state index is 0. The first-order chi connectivity index (χ1) is 29.6. The van der Waals surface area contributed by atoms with Crippen LogP contribution in [0.25, 0.3) is 11.1 Å². The van der Waals surface area contributed by atoms with Crippen molar-refractivity contribution in [2.24, 2.45) is 11.8 Å². The fourth-order valence-corrected chi connectivity index (χ4v) is 9.10. The first-order valence-electron chi connectivity index (χ1n) is 19.8. The molecular weight excluding hydrogens is 944 g/mol. The smallest absolute Gasteiger partial charge is 0.421 e. The summed E-state index contributed by atoms with van der Waals surface area (Å²) in [6.07, 6.45) is -0.332. The number of benzene rings is 4. The minimum atomic E-state index is -0.761. The van der Waals surface area contributed by atoms with Crippen molar-refractivity contribution in [3.63, 3.8) is 0 Å². The number of hydrogen-bond acceptors (Lipinski definition) is 10. The molecule has 2 aliphatic heterocycles. The van der Waals surface area contributed by atoms with Gasteiger partial charge in [-0.15, -0.1) is 0 Å². The van der Waals surface area contributed by atoms with Gasteiger partial charge in [-0.3, -0.25) is 29.8 Å². The molecule has 0 saturated carbocycles. The number of ether oxygens (including phenoxy) is 2. The SMILES string of the molecule is CC[C@@H](/C(C)=C1\C(=O)N(C(=O)OC)c2ccccc21)[C@@H](C[N+](=O)[O-])c1ccc(Br)cc1.CC[C@@H](/C(C)=C1\C(=O)N(C(=O)OC)c2ccccc21)[C@@H](C[N+](=O)[O-])c1ccc(Br)cc1.O. The second-order valence-corrected chi connectivity index (χ2v) is 16.6. The van der Waals surface area contributed by atoms with Crippen LogP contribution in [0.4, 0.5) is 21.0 Å². The van der Waals surface area contributed by atoms with Crippen molar-refractivity contribution in [2.45, 2.75) is 52.4 Å². The molecule has 0 spiro atoms. The number of fused-ring (bicyclic) bond motifs is 2. The van der Waals surface area contributed by atoms with Crippen molar-refractivity contribution in [1.29, 1.82) is 0 Å². The monoisotopic (exact) mass is 990 g/mol. The average molecular weight is 993 g/mol. The zero-order valence-electron chi connectivity index (χ0n) is 35.5. The largest absolute Gasteiger partial charge is 0.452 e. The number of carbonyl (C=O) groups is 4. The van der Waals surface area contributed by atoms with E-state index in [0.29, 0.717) is 46.5 Å². The molecule has 2 N–H and O–H groups in total. The summed E-state index contributed by atoms with van der Waals surface area (Å²) >= 11 is 6.80. The van der Waals surface area contributed by atoms with Crippen LogP contribution in [0.2, 0.25) is 0 Å². The van der Waals surface area contributed by atoms with Crippen LogP contribution in [0, 0.1) is 32.1 Å². The molecule has 0 aromatic heterocycles. The second-order valence-electron chi connectivity index (χ2n) is 14.7. The number of amides is 4. The molecular formula is C46H48Br2N4O11. The summed E-state index contributed by atoms with van der Waals surface area (Å²) in [4.78, 5) is 75.5. The molecule has 0 fully saturated rings. The maximum atomic E-state index is 13.3. The normalized spacial score (nSPS) is 16.3. The van der Waals surface area contributed by atoms with Gasteiger partial charge >= 0.3 is 12.2 Å². The van der Waals surface area contributed by atoms with Crippen LogP contribution in [-0.4, -0.2) is 66.6 Å². The quantitative estimate of drug-likeness (QED) is 0.0744. The van der Waals surface area contributed by atoms with Gasteiger partial charge in [-0.05, 0) is 86.1 Å². The minimum Gasteiger partial charge on any atom is -0.452 e. The van der Waals surface area contributed by atoms with E-state index in [1.807, 2.05) is 76.2 Å². The molecule has 4 aromatic rings. The van der Waals surface area contributed by atoms with Crippen LogP contribution in [-0.2, 0) is 19.1 Å². The molecule has 0 aliphatic carbocycles. The summed E-state index contributed by atoms with van der Waals surface area (Å²) in [5.41, 5.74) is 6.08. The fourth-order valence-electron chi connectivity index (χ4n) is 8.57. The van der Waals surface area contributed by atoms with E-state index in [4.69, 9.17) is 9.47 Å². The van der Waals surface area contributed by atoms with E-state index in [-0.39, 0.29) is 40.2 Å². The second kappa shape index (κ2) is 21.8.